The third-order valence-corrected chi connectivity index (χ3v) is 7.71. The van der Waals surface area contributed by atoms with E-state index in [1.807, 2.05) is 0 Å². The Morgan fingerprint density at radius 3 is 2.19 bits per heavy atom. The zero-order chi connectivity index (χ0) is 24.5. The molecule has 2 heterocycles. The number of fused-ring (bicyclic) bond motifs is 8. The van der Waals surface area contributed by atoms with Crippen LogP contribution in [0.15, 0.2) is 126 Å². The van der Waals surface area contributed by atoms with E-state index < -0.39 is 0 Å². The first kappa shape index (κ1) is 20.4. The summed E-state index contributed by atoms with van der Waals surface area (Å²) in [5, 5.41) is 7.48. The lowest BCUT2D eigenvalue weighted by Crippen LogP contribution is -1.93. The predicted molar refractivity (Wildman–Crippen MR) is 156 cm³/mol. The fourth-order valence-electron chi connectivity index (χ4n) is 6.00. The van der Waals surface area contributed by atoms with E-state index >= 15 is 0 Å². The number of aryl methyl sites for hydroxylation is 1. The minimum absolute atomic E-state index is 0.927. The molecule has 2 heteroatoms. The van der Waals surface area contributed by atoms with E-state index in [4.69, 9.17) is 4.42 Å². The highest BCUT2D eigenvalue weighted by Crippen LogP contribution is 2.39. The van der Waals surface area contributed by atoms with E-state index in [0.717, 1.165) is 22.4 Å². The van der Waals surface area contributed by atoms with Crippen LogP contribution in [0, 0.1) is 6.92 Å². The van der Waals surface area contributed by atoms with Crippen LogP contribution in [-0.4, -0.2) is 4.57 Å². The van der Waals surface area contributed by atoms with Crippen molar-refractivity contribution in [2.45, 2.75) is 6.92 Å². The Bertz CT molecular complexity index is 2140. The average molecular weight is 474 g/mol. The number of hydrogen-bond donors (Lipinski definition) is 0. The van der Waals surface area contributed by atoms with Gasteiger partial charge in [-0.15, -0.1) is 0 Å². The lowest BCUT2D eigenvalue weighted by molar-refractivity contribution is 0.669. The van der Waals surface area contributed by atoms with Gasteiger partial charge in [-0.05, 0) is 76.9 Å². The molecule has 0 unspecified atom stereocenters. The Morgan fingerprint density at radius 1 is 0.514 bits per heavy atom. The fourth-order valence-corrected chi connectivity index (χ4v) is 6.00. The Kier molecular flexibility index (Phi) is 4.18. The summed E-state index contributed by atoms with van der Waals surface area (Å²) in [6.45, 7) is 2.14. The van der Waals surface area contributed by atoms with Gasteiger partial charge in [0.15, 0.2) is 0 Å². The Balaban J connectivity index is 1.42. The molecule has 0 atom stereocenters. The molecule has 174 valence electrons. The Morgan fingerprint density at radius 2 is 1.30 bits per heavy atom. The SMILES string of the molecule is Cc1cccc2oc3cc(-c4ccc5c6c7ccccc7ccc6n(-c6ccccc6)c5c4)ccc3c12. The van der Waals surface area contributed by atoms with Crippen LogP contribution in [0.4, 0.5) is 0 Å². The molecule has 0 aliphatic heterocycles. The number of rotatable bonds is 2. The zero-order valence-electron chi connectivity index (χ0n) is 20.4. The molecular weight excluding hydrogens is 450 g/mol. The van der Waals surface area contributed by atoms with E-state index in [1.165, 1.54) is 54.5 Å². The molecule has 8 rings (SSSR count). The fraction of sp³-hybridized carbons (Fsp3) is 0.0286. The highest BCUT2D eigenvalue weighted by molar-refractivity contribution is 6.21. The first-order valence-electron chi connectivity index (χ1n) is 12.7. The normalized spacial score (nSPS) is 11.9. The molecule has 0 spiro atoms. The van der Waals surface area contributed by atoms with Gasteiger partial charge in [-0.25, -0.2) is 0 Å². The summed E-state index contributed by atoms with van der Waals surface area (Å²) in [5.74, 6) is 0. The van der Waals surface area contributed by atoms with Crippen molar-refractivity contribution < 1.29 is 4.42 Å². The minimum Gasteiger partial charge on any atom is -0.456 e. The summed E-state index contributed by atoms with van der Waals surface area (Å²) in [6, 6.07) is 43.5. The molecule has 0 aliphatic carbocycles. The number of nitrogens with zero attached hydrogens (tertiary/aromatic N) is 1. The molecule has 0 bridgehead atoms. The molecular formula is C35H23NO. The highest BCUT2D eigenvalue weighted by atomic mass is 16.3. The minimum atomic E-state index is 0.927. The standard InChI is InChI=1S/C35H23NO/c1-22-8-7-13-32-34(22)29-18-15-25(21-33(29)37-32)24-14-17-28-31(20-24)36(26-10-3-2-4-11-26)30-19-16-23-9-5-6-12-27(23)35(28)30/h2-21H,1H3. The van der Waals surface area contributed by atoms with E-state index in [-0.39, 0.29) is 0 Å². The van der Waals surface area contributed by atoms with Gasteiger partial charge in [-0.2, -0.15) is 0 Å². The lowest BCUT2D eigenvalue weighted by Gasteiger charge is -2.09. The van der Waals surface area contributed by atoms with Gasteiger partial charge >= 0.3 is 0 Å². The first-order chi connectivity index (χ1) is 18.3. The maximum atomic E-state index is 6.27. The van der Waals surface area contributed by atoms with E-state index in [2.05, 4.69) is 133 Å². The summed E-state index contributed by atoms with van der Waals surface area (Å²) in [7, 11) is 0. The number of furan rings is 1. The van der Waals surface area contributed by atoms with Crippen LogP contribution in [0.1, 0.15) is 5.56 Å². The molecule has 2 nitrogen and oxygen atoms in total. The molecule has 0 radical (unpaired) electrons. The van der Waals surface area contributed by atoms with Crippen molar-refractivity contribution in [1.82, 2.24) is 4.57 Å². The van der Waals surface area contributed by atoms with Gasteiger partial charge in [0, 0.05) is 27.2 Å². The molecule has 0 aliphatic rings. The predicted octanol–water partition coefficient (Wildman–Crippen LogP) is 9.81. The second kappa shape index (κ2) is 7.59. The van der Waals surface area contributed by atoms with Crippen molar-refractivity contribution in [1.29, 1.82) is 0 Å². The van der Waals surface area contributed by atoms with Gasteiger partial charge in [0.2, 0.25) is 0 Å². The van der Waals surface area contributed by atoms with Gasteiger partial charge in [0.25, 0.3) is 0 Å². The summed E-state index contributed by atoms with van der Waals surface area (Å²) < 4.78 is 8.66. The quantitative estimate of drug-likeness (QED) is 0.244. The molecule has 2 aromatic heterocycles. The van der Waals surface area contributed by atoms with Crippen molar-refractivity contribution in [3.63, 3.8) is 0 Å². The second-order valence-corrected chi connectivity index (χ2v) is 9.84. The third-order valence-electron chi connectivity index (χ3n) is 7.71. The Labute approximate surface area is 214 Å². The number of benzene rings is 6. The van der Waals surface area contributed by atoms with E-state index in [0.29, 0.717) is 0 Å². The molecule has 0 saturated carbocycles. The summed E-state index contributed by atoms with van der Waals surface area (Å²) >= 11 is 0. The van der Waals surface area contributed by atoms with Gasteiger partial charge in [-0.3, -0.25) is 0 Å². The molecule has 0 saturated heterocycles. The molecule has 0 amide bonds. The van der Waals surface area contributed by atoms with Gasteiger partial charge in [-0.1, -0.05) is 78.9 Å². The molecule has 37 heavy (non-hydrogen) atoms. The number of para-hydroxylation sites is 1. The summed E-state index contributed by atoms with van der Waals surface area (Å²) in [4.78, 5) is 0. The highest BCUT2D eigenvalue weighted by Gasteiger charge is 2.16. The van der Waals surface area contributed by atoms with E-state index in [1.54, 1.807) is 0 Å². The molecule has 0 N–H and O–H groups in total. The van der Waals surface area contributed by atoms with Crippen LogP contribution < -0.4 is 0 Å². The number of aromatic nitrogens is 1. The van der Waals surface area contributed by atoms with Crippen molar-refractivity contribution in [3.05, 3.63) is 127 Å². The molecule has 6 aromatic carbocycles. The van der Waals surface area contributed by atoms with E-state index in [9.17, 15) is 0 Å². The van der Waals surface area contributed by atoms with Crippen LogP contribution in [0.2, 0.25) is 0 Å². The third kappa shape index (κ3) is 2.93. The molecule has 0 fully saturated rings. The second-order valence-electron chi connectivity index (χ2n) is 9.84. The van der Waals surface area contributed by atoms with Crippen molar-refractivity contribution in [3.8, 4) is 16.8 Å². The maximum Gasteiger partial charge on any atom is 0.136 e. The number of hydrogen-bond acceptors (Lipinski definition) is 1. The van der Waals surface area contributed by atoms with Crippen LogP contribution in [0.3, 0.4) is 0 Å². The Hall–Kier alpha value is -4.82. The monoisotopic (exact) mass is 473 g/mol. The van der Waals surface area contributed by atoms with Crippen molar-refractivity contribution in [2.24, 2.45) is 0 Å². The largest absolute Gasteiger partial charge is 0.456 e. The van der Waals surface area contributed by atoms with Crippen molar-refractivity contribution in [2.75, 3.05) is 0 Å². The summed E-state index contributed by atoms with van der Waals surface area (Å²) in [6.07, 6.45) is 0. The van der Waals surface area contributed by atoms with Crippen LogP contribution in [-0.2, 0) is 0 Å². The van der Waals surface area contributed by atoms with Crippen molar-refractivity contribution >= 4 is 54.5 Å². The van der Waals surface area contributed by atoms with Crippen LogP contribution in [0.5, 0.6) is 0 Å². The van der Waals surface area contributed by atoms with Gasteiger partial charge in [0.1, 0.15) is 11.2 Å². The van der Waals surface area contributed by atoms with Gasteiger partial charge < -0.3 is 8.98 Å². The van der Waals surface area contributed by atoms with Crippen LogP contribution in [0.25, 0.3) is 71.3 Å². The molecule has 8 aromatic rings. The summed E-state index contributed by atoms with van der Waals surface area (Å²) in [5.41, 5.74) is 9.03. The lowest BCUT2D eigenvalue weighted by atomic mass is 10.00. The topological polar surface area (TPSA) is 18.1 Å². The van der Waals surface area contributed by atoms with Crippen LogP contribution >= 0.6 is 0 Å². The maximum absolute atomic E-state index is 6.27. The first-order valence-corrected chi connectivity index (χ1v) is 12.7. The zero-order valence-corrected chi connectivity index (χ0v) is 20.4. The van der Waals surface area contributed by atoms with Gasteiger partial charge in [0.05, 0.1) is 11.0 Å². The average Bonchev–Trinajstić information content (AvgIpc) is 3.49. The smallest absolute Gasteiger partial charge is 0.136 e.